The molecule has 12 heteroatoms. The van der Waals surface area contributed by atoms with Crippen molar-refractivity contribution in [3.8, 4) is 0 Å². The standard InChI is InChI=1S/C16H14F5N7/c1-7(9-3-2-8(17)4-10(9)18)23-12-6-13(26-15(22)25-12)24-14-5-11(27-28-14)16(19,20)21/h2-7H,1H3,(H5,22,23,24,25,26,27,28). The van der Waals surface area contributed by atoms with Crippen LogP contribution in [0.4, 0.5) is 45.4 Å². The molecule has 2 heterocycles. The van der Waals surface area contributed by atoms with E-state index in [-0.39, 0.29) is 29.0 Å². The molecule has 0 aliphatic rings. The van der Waals surface area contributed by atoms with E-state index < -0.39 is 29.5 Å². The largest absolute Gasteiger partial charge is 0.432 e. The highest BCUT2D eigenvalue weighted by atomic mass is 19.4. The number of nitrogens with two attached hydrogens (primary N) is 1. The van der Waals surface area contributed by atoms with Gasteiger partial charge in [0.15, 0.2) is 5.82 Å². The third-order valence-electron chi connectivity index (χ3n) is 3.68. The molecule has 0 radical (unpaired) electrons. The smallest absolute Gasteiger partial charge is 0.368 e. The van der Waals surface area contributed by atoms with Gasteiger partial charge in [-0.1, -0.05) is 6.07 Å². The topological polar surface area (TPSA) is 105 Å². The highest BCUT2D eigenvalue weighted by Gasteiger charge is 2.33. The van der Waals surface area contributed by atoms with Crippen LogP contribution >= 0.6 is 0 Å². The Hall–Kier alpha value is -3.44. The highest BCUT2D eigenvalue weighted by Crippen LogP contribution is 2.30. The van der Waals surface area contributed by atoms with Gasteiger partial charge in [0, 0.05) is 23.8 Å². The van der Waals surface area contributed by atoms with Gasteiger partial charge in [0.1, 0.15) is 29.0 Å². The summed E-state index contributed by atoms with van der Waals surface area (Å²) in [6.45, 7) is 1.62. The van der Waals surface area contributed by atoms with E-state index in [9.17, 15) is 22.0 Å². The number of nitrogens with one attached hydrogen (secondary N) is 3. The van der Waals surface area contributed by atoms with Gasteiger partial charge in [0.25, 0.3) is 0 Å². The average molecular weight is 399 g/mol. The Bertz CT molecular complexity index is 986. The fraction of sp³-hybridized carbons (Fsp3) is 0.188. The van der Waals surface area contributed by atoms with Crippen molar-refractivity contribution in [3.05, 3.63) is 53.2 Å². The van der Waals surface area contributed by atoms with Gasteiger partial charge in [-0.05, 0) is 13.0 Å². The second-order valence-electron chi connectivity index (χ2n) is 5.82. The number of nitrogen functional groups attached to an aromatic ring is 1. The van der Waals surface area contributed by atoms with Crippen LogP contribution in [0.25, 0.3) is 0 Å². The van der Waals surface area contributed by atoms with Gasteiger partial charge in [-0.25, -0.2) is 8.78 Å². The summed E-state index contributed by atoms with van der Waals surface area (Å²) in [5, 5.41) is 10.8. The number of benzene rings is 1. The number of nitrogens with zero attached hydrogens (tertiary/aromatic N) is 3. The van der Waals surface area contributed by atoms with E-state index >= 15 is 0 Å². The number of halogens is 5. The zero-order valence-corrected chi connectivity index (χ0v) is 14.3. The van der Waals surface area contributed by atoms with Crippen LogP contribution in [0.1, 0.15) is 24.2 Å². The Balaban J connectivity index is 1.78. The first-order valence-corrected chi connectivity index (χ1v) is 7.87. The lowest BCUT2D eigenvalue weighted by molar-refractivity contribution is -0.141. The summed E-state index contributed by atoms with van der Waals surface area (Å²) in [5.74, 6) is -1.50. The van der Waals surface area contributed by atoms with Crippen LogP contribution in [0.3, 0.4) is 0 Å². The van der Waals surface area contributed by atoms with Crippen molar-refractivity contribution in [3.63, 3.8) is 0 Å². The normalized spacial score (nSPS) is 12.6. The first-order valence-electron chi connectivity index (χ1n) is 7.87. The number of hydrogen-bond acceptors (Lipinski definition) is 6. The maximum atomic E-state index is 13.9. The van der Waals surface area contributed by atoms with Gasteiger partial charge >= 0.3 is 6.18 Å². The molecule has 3 rings (SSSR count). The molecular weight excluding hydrogens is 385 g/mol. The lowest BCUT2D eigenvalue weighted by atomic mass is 10.1. The molecule has 0 amide bonds. The maximum Gasteiger partial charge on any atom is 0.432 e. The van der Waals surface area contributed by atoms with Crippen LogP contribution in [-0.2, 0) is 6.18 Å². The number of alkyl halides is 3. The minimum absolute atomic E-state index is 0.0713. The number of rotatable bonds is 5. The van der Waals surface area contributed by atoms with Crippen molar-refractivity contribution in [1.82, 2.24) is 20.2 Å². The first-order chi connectivity index (χ1) is 13.1. The molecule has 0 saturated carbocycles. The van der Waals surface area contributed by atoms with Gasteiger partial charge in [0.05, 0.1) is 6.04 Å². The predicted molar refractivity (Wildman–Crippen MR) is 91.7 cm³/mol. The van der Waals surface area contributed by atoms with Gasteiger partial charge in [-0.15, -0.1) is 0 Å². The fourth-order valence-electron chi connectivity index (χ4n) is 2.42. The van der Waals surface area contributed by atoms with E-state index in [0.717, 1.165) is 18.2 Å². The SMILES string of the molecule is CC(Nc1cc(Nc2cc(C(F)(F)F)[nH]n2)nc(N)n1)c1ccc(F)cc1F. The van der Waals surface area contributed by atoms with E-state index in [2.05, 4.69) is 25.7 Å². The predicted octanol–water partition coefficient (Wildman–Crippen LogP) is 4.00. The maximum absolute atomic E-state index is 13.9. The summed E-state index contributed by atoms with van der Waals surface area (Å²) in [6.07, 6.45) is -4.57. The van der Waals surface area contributed by atoms with Crippen LogP contribution < -0.4 is 16.4 Å². The third-order valence-corrected chi connectivity index (χ3v) is 3.68. The average Bonchev–Trinajstić information content (AvgIpc) is 3.02. The molecule has 0 fully saturated rings. The molecule has 5 N–H and O–H groups in total. The number of anilines is 4. The molecular formula is C16H14F5N7. The van der Waals surface area contributed by atoms with Gasteiger partial charge in [-0.2, -0.15) is 28.2 Å². The van der Waals surface area contributed by atoms with Crippen molar-refractivity contribution in [2.75, 3.05) is 16.4 Å². The summed E-state index contributed by atoms with van der Waals surface area (Å²) < 4.78 is 64.8. The number of aromatic nitrogens is 4. The molecule has 28 heavy (non-hydrogen) atoms. The van der Waals surface area contributed by atoms with Crippen molar-refractivity contribution in [2.24, 2.45) is 0 Å². The molecule has 3 aromatic rings. The molecule has 2 aromatic heterocycles. The summed E-state index contributed by atoms with van der Waals surface area (Å²) in [7, 11) is 0. The number of hydrogen-bond donors (Lipinski definition) is 4. The van der Waals surface area contributed by atoms with Crippen LogP contribution in [0.2, 0.25) is 0 Å². The molecule has 0 saturated heterocycles. The fourth-order valence-corrected chi connectivity index (χ4v) is 2.42. The van der Waals surface area contributed by atoms with E-state index in [1.54, 1.807) is 6.92 Å². The van der Waals surface area contributed by atoms with Crippen LogP contribution in [0.15, 0.2) is 30.3 Å². The second-order valence-corrected chi connectivity index (χ2v) is 5.82. The van der Waals surface area contributed by atoms with Crippen LogP contribution in [0, 0.1) is 11.6 Å². The quantitative estimate of drug-likeness (QED) is 0.484. The van der Waals surface area contributed by atoms with Gasteiger partial charge in [0.2, 0.25) is 5.95 Å². The molecule has 0 aliphatic heterocycles. The first kappa shape index (κ1) is 19.3. The summed E-state index contributed by atoms with van der Waals surface area (Å²) in [4.78, 5) is 7.81. The van der Waals surface area contributed by atoms with Gasteiger partial charge < -0.3 is 16.4 Å². The molecule has 1 aromatic carbocycles. The van der Waals surface area contributed by atoms with Crippen LogP contribution in [0.5, 0.6) is 0 Å². The summed E-state index contributed by atoms with van der Waals surface area (Å²) >= 11 is 0. The van der Waals surface area contributed by atoms with E-state index in [0.29, 0.717) is 0 Å². The van der Waals surface area contributed by atoms with Gasteiger partial charge in [-0.3, -0.25) is 5.10 Å². The number of aromatic amines is 1. The molecule has 148 valence electrons. The molecule has 0 spiro atoms. The van der Waals surface area contributed by atoms with Crippen molar-refractivity contribution < 1.29 is 22.0 Å². The lowest BCUT2D eigenvalue weighted by Crippen LogP contribution is -2.12. The van der Waals surface area contributed by atoms with E-state index in [4.69, 9.17) is 5.73 Å². The Morgan fingerprint density at radius 1 is 1.04 bits per heavy atom. The molecule has 1 unspecified atom stereocenters. The van der Waals surface area contributed by atoms with Crippen molar-refractivity contribution in [2.45, 2.75) is 19.1 Å². The van der Waals surface area contributed by atoms with Crippen LogP contribution in [-0.4, -0.2) is 20.2 Å². The molecule has 1 atom stereocenters. The highest BCUT2D eigenvalue weighted by molar-refractivity contribution is 5.58. The monoisotopic (exact) mass is 399 g/mol. The summed E-state index contributed by atoms with van der Waals surface area (Å²) in [5.41, 5.74) is 4.78. The Labute approximate surface area is 155 Å². The minimum Gasteiger partial charge on any atom is -0.368 e. The zero-order valence-electron chi connectivity index (χ0n) is 14.3. The number of H-pyrrole nitrogens is 1. The van der Waals surface area contributed by atoms with E-state index in [1.807, 2.05) is 5.10 Å². The third kappa shape index (κ3) is 4.45. The van der Waals surface area contributed by atoms with Crippen molar-refractivity contribution >= 4 is 23.4 Å². The lowest BCUT2D eigenvalue weighted by Gasteiger charge is -2.16. The molecule has 0 aliphatic carbocycles. The Kier molecular flexibility index (Phi) is 5.03. The summed E-state index contributed by atoms with van der Waals surface area (Å²) in [6, 6.07) is 4.68. The zero-order chi connectivity index (χ0) is 20.5. The van der Waals surface area contributed by atoms with Crippen molar-refractivity contribution in [1.29, 1.82) is 0 Å². The Morgan fingerprint density at radius 3 is 2.39 bits per heavy atom. The Morgan fingerprint density at radius 2 is 1.75 bits per heavy atom. The van der Waals surface area contributed by atoms with E-state index in [1.165, 1.54) is 12.1 Å². The second kappa shape index (κ2) is 7.29. The minimum atomic E-state index is -4.57. The molecule has 0 bridgehead atoms. The molecule has 7 nitrogen and oxygen atoms in total.